The molecular formula is C11H13N5O3. The molecule has 3 heterocycles. The number of aromatic nitrogens is 4. The molecule has 1 amide bonds. The molecule has 0 unspecified atom stereocenters. The second kappa shape index (κ2) is 3.81. The van der Waals surface area contributed by atoms with Crippen molar-refractivity contribution in [2.75, 3.05) is 11.6 Å². The molecule has 2 aromatic rings. The van der Waals surface area contributed by atoms with E-state index in [2.05, 4.69) is 4.98 Å². The zero-order valence-corrected chi connectivity index (χ0v) is 10.7. The zero-order chi connectivity index (χ0) is 13.7. The highest BCUT2D eigenvalue weighted by Gasteiger charge is 2.27. The van der Waals surface area contributed by atoms with Crippen molar-refractivity contribution in [1.29, 1.82) is 0 Å². The summed E-state index contributed by atoms with van der Waals surface area (Å²) >= 11 is 0. The maximum Gasteiger partial charge on any atom is 0.352 e. The van der Waals surface area contributed by atoms with Crippen LogP contribution in [0.25, 0.3) is 11.2 Å². The summed E-state index contributed by atoms with van der Waals surface area (Å²) in [6.45, 7) is 0.386. The molecule has 3 rings (SSSR count). The van der Waals surface area contributed by atoms with Gasteiger partial charge in [0.1, 0.15) is 0 Å². The van der Waals surface area contributed by atoms with Crippen LogP contribution in [0.1, 0.15) is 12.8 Å². The van der Waals surface area contributed by atoms with E-state index >= 15 is 0 Å². The van der Waals surface area contributed by atoms with Gasteiger partial charge in [0.05, 0.1) is 6.33 Å². The van der Waals surface area contributed by atoms with Crippen molar-refractivity contribution in [2.45, 2.75) is 12.8 Å². The summed E-state index contributed by atoms with van der Waals surface area (Å²) in [5.41, 5.74) is -0.429. The van der Waals surface area contributed by atoms with Crippen molar-refractivity contribution in [2.24, 2.45) is 14.1 Å². The molecule has 0 aliphatic carbocycles. The summed E-state index contributed by atoms with van der Waals surface area (Å²) < 4.78 is 3.75. The van der Waals surface area contributed by atoms with Gasteiger partial charge in [0.15, 0.2) is 11.2 Å². The van der Waals surface area contributed by atoms with Gasteiger partial charge in [-0.15, -0.1) is 0 Å². The average Bonchev–Trinajstić information content (AvgIpc) is 2.94. The Morgan fingerprint density at radius 2 is 1.95 bits per heavy atom. The summed E-state index contributed by atoms with van der Waals surface area (Å²) in [7, 11) is 3.21. The first-order valence-corrected chi connectivity index (χ1v) is 5.96. The van der Waals surface area contributed by atoms with E-state index < -0.39 is 11.2 Å². The van der Waals surface area contributed by atoms with Crippen LogP contribution in [-0.4, -0.2) is 31.2 Å². The summed E-state index contributed by atoms with van der Waals surface area (Å²) in [4.78, 5) is 40.4. The van der Waals surface area contributed by atoms with E-state index in [4.69, 9.17) is 0 Å². The lowest BCUT2D eigenvalue weighted by Gasteiger charge is -2.18. The smallest absolute Gasteiger partial charge is 0.328 e. The third kappa shape index (κ3) is 1.46. The fraction of sp³-hybridized carbons (Fsp3) is 0.455. The maximum atomic E-state index is 12.4. The van der Waals surface area contributed by atoms with Gasteiger partial charge in [-0.05, 0) is 6.42 Å². The monoisotopic (exact) mass is 263 g/mol. The number of imidazole rings is 1. The van der Waals surface area contributed by atoms with Crippen molar-refractivity contribution < 1.29 is 4.79 Å². The Kier molecular flexibility index (Phi) is 2.34. The lowest BCUT2D eigenvalue weighted by molar-refractivity contribution is -0.118. The zero-order valence-electron chi connectivity index (χ0n) is 10.7. The fourth-order valence-corrected chi connectivity index (χ4v) is 2.39. The molecule has 0 radical (unpaired) electrons. The molecule has 0 aromatic carbocycles. The lowest BCUT2D eigenvalue weighted by Crippen LogP contribution is -2.53. The van der Waals surface area contributed by atoms with Crippen molar-refractivity contribution in [3.63, 3.8) is 0 Å². The van der Waals surface area contributed by atoms with Gasteiger partial charge in [-0.1, -0.05) is 0 Å². The van der Waals surface area contributed by atoms with Crippen LogP contribution in [0.2, 0.25) is 0 Å². The van der Waals surface area contributed by atoms with Crippen LogP contribution >= 0.6 is 0 Å². The number of fused-ring (bicyclic) bond motifs is 1. The third-order valence-corrected chi connectivity index (χ3v) is 3.39. The summed E-state index contributed by atoms with van der Waals surface area (Å²) in [6.07, 6.45) is 2.48. The normalized spacial score (nSPS) is 15.7. The van der Waals surface area contributed by atoms with Gasteiger partial charge in [0, 0.05) is 27.1 Å². The van der Waals surface area contributed by atoms with Crippen LogP contribution in [0, 0.1) is 0 Å². The second-order valence-electron chi connectivity index (χ2n) is 4.61. The molecule has 0 N–H and O–H groups in total. The molecule has 1 saturated heterocycles. The first-order chi connectivity index (χ1) is 9.02. The number of carbonyl (C=O) groups excluding carboxylic acids is 1. The van der Waals surface area contributed by atoms with Crippen LogP contribution < -0.4 is 16.3 Å². The van der Waals surface area contributed by atoms with Gasteiger partial charge >= 0.3 is 11.2 Å². The molecule has 19 heavy (non-hydrogen) atoms. The molecule has 0 spiro atoms. The fourth-order valence-electron chi connectivity index (χ4n) is 2.39. The van der Waals surface area contributed by atoms with Crippen molar-refractivity contribution >= 4 is 17.1 Å². The van der Waals surface area contributed by atoms with E-state index in [0.717, 1.165) is 4.68 Å². The van der Waals surface area contributed by atoms with E-state index in [1.54, 1.807) is 11.6 Å². The van der Waals surface area contributed by atoms with Crippen molar-refractivity contribution in [3.8, 4) is 0 Å². The number of hydrogen-bond donors (Lipinski definition) is 0. The van der Waals surface area contributed by atoms with Gasteiger partial charge in [-0.3, -0.25) is 14.2 Å². The van der Waals surface area contributed by atoms with Crippen molar-refractivity contribution in [3.05, 3.63) is 27.2 Å². The highest BCUT2D eigenvalue weighted by molar-refractivity contribution is 5.88. The number of nitrogens with zero attached hydrogens (tertiary/aromatic N) is 5. The van der Waals surface area contributed by atoms with Crippen LogP contribution in [0.5, 0.6) is 0 Å². The molecule has 1 aliphatic rings. The third-order valence-electron chi connectivity index (χ3n) is 3.39. The first-order valence-electron chi connectivity index (χ1n) is 5.96. The standard InChI is InChI=1S/C11H13N5O3/c1-13-6-12-9-8(13)10(18)16(11(19)14(9)2)15-5-3-4-7(15)17/h6H,3-5H2,1-2H3. The minimum atomic E-state index is -0.550. The Morgan fingerprint density at radius 1 is 1.21 bits per heavy atom. The first kappa shape index (κ1) is 11.7. The molecule has 0 atom stereocenters. The highest BCUT2D eigenvalue weighted by atomic mass is 16.2. The molecular weight excluding hydrogens is 250 g/mol. The van der Waals surface area contributed by atoms with Crippen LogP contribution in [0.3, 0.4) is 0 Å². The SMILES string of the molecule is Cn1cnc2c1c(=O)n(N1CCCC1=O)c(=O)n2C. The molecule has 1 fully saturated rings. The predicted octanol–water partition coefficient (Wildman–Crippen LogP) is -1.31. The molecule has 0 bridgehead atoms. The minimum Gasteiger partial charge on any atom is -0.328 e. The Bertz CT molecular complexity index is 797. The van der Waals surface area contributed by atoms with Gasteiger partial charge in [-0.2, -0.15) is 4.68 Å². The Labute approximate surface area is 107 Å². The van der Waals surface area contributed by atoms with E-state index in [1.807, 2.05) is 0 Å². The topological polar surface area (TPSA) is 82.1 Å². The number of rotatable bonds is 1. The van der Waals surface area contributed by atoms with Gasteiger partial charge in [0.25, 0.3) is 0 Å². The Balaban J connectivity index is 2.42. The van der Waals surface area contributed by atoms with E-state index in [-0.39, 0.29) is 5.91 Å². The summed E-state index contributed by atoms with van der Waals surface area (Å²) in [5, 5.41) is 1.22. The van der Waals surface area contributed by atoms with Crippen LogP contribution in [0.15, 0.2) is 15.9 Å². The Hall–Kier alpha value is -2.38. The molecule has 1 aliphatic heterocycles. The van der Waals surface area contributed by atoms with Crippen molar-refractivity contribution in [1.82, 2.24) is 18.8 Å². The number of amides is 1. The Morgan fingerprint density at radius 3 is 2.58 bits per heavy atom. The number of aryl methyl sites for hydroxylation is 2. The number of hydrogen-bond acceptors (Lipinski definition) is 4. The average molecular weight is 263 g/mol. The minimum absolute atomic E-state index is 0.208. The van der Waals surface area contributed by atoms with E-state index in [9.17, 15) is 14.4 Å². The van der Waals surface area contributed by atoms with Gasteiger partial charge < -0.3 is 4.57 Å². The van der Waals surface area contributed by atoms with Gasteiger partial charge in [0.2, 0.25) is 5.91 Å². The lowest BCUT2D eigenvalue weighted by atomic mass is 10.4. The summed E-state index contributed by atoms with van der Waals surface area (Å²) in [5.74, 6) is -0.208. The van der Waals surface area contributed by atoms with Crippen LogP contribution in [0.4, 0.5) is 0 Å². The van der Waals surface area contributed by atoms with E-state index in [1.165, 1.54) is 23.0 Å². The predicted molar refractivity (Wildman–Crippen MR) is 67.5 cm³/mol. The maximum absolute atomic E-state index is 12.4. The molecule has 8 nitrogen and oxygen atoms in total. The second-order valence-corrected chi connectivity index (χ2v) is 4.61. The van der Waals surface area contributed by atoms with E-state index in [0.29, 0.717) is 30.6 Å². The molecule has 2 aromatic heterocycles. The molecule has 0 saturated carbocycles. The van der Waals surface area contributed by atoms with Gasteiger partial charge in [-0.25, -0.2) is 14.8 Å². The highest BCUT2D eigenvalue weighted by Crippen LogP contribution is 2.08. The largest absolute Gasteiger partial charge is 0.352 e. The number of carbonyl (C=O) groups is 1. The molecule has 8 heteroatoms. The summed E-state index contributed by atoms with van der Waals surface area (Å²) in [6, 6.07) is 0. The van der Waals surface area contributed by atoms with Crippen LogP contribution in [-0.2, 0) is 18.9 Å². The molecule has 100 valence electrons. The quantitative estimate of drug-likeness (QED) is 0.640.